The highest BCUT2D eigenvalue weighted by atomic mass is 16.6. The number of amides is 1. The van der Waals surface area contributed by atoms with Crippen molar-refractivity contribution in [1.29, 1.82) is 0 Å². The number of hydrogen-bond donors (Lipinski definition) is 1. The zero-order valence-corrected chi connectivity index (χ0v) is 11.6. The number of carbonyl (C=O) groups excluding carboxylic acids is 1. The van der Waals surface area contributed by atoms with Crippen LogP contribution >= 0.6 is 0 Å². The van der Waals surface area contributed by atoms with E-state index in [2.05, 4.69) is 19.2 Å². The molecule has 0 bridgehead atoms. The molecule has 0 heterocycles. The highest BCUT2D eigenvalue weighted by Crippen LogP contribution is 2.13. The van der Waals surface area contributed by atoms with Crippen molar-refractivity contribution < 1.29 is 9.72 Å². The summed E-state index contributed by atoms with van der Waals surface area (Å²) < 4.78 is 0. The summed E-state index contributed by atoms with van der Waals surface area (Å²) in [6.07, 6.45) is 1.94. The zero-order chi connectivity index (χ0) is 14.4. The first kappa shape index (κ1) is 15.1. The highest BCUT2D eigenvalue weighted by molar-refractivity contribution is 5.94. The van der Waals surface area contributed by atoms with Gasteiger partial charge in [0, 0.05) is 23.7 Å². The second kappa shape index (κ2) is 6.87. The maximum absolute atomic E-state index is 11.9. The molecule has 0 spiro atoms. The van der Waals surface area contributed by atoms with Gasteiger partial charge in [0.15, 0.2) is 0 Å². The van der Waals surface area contributed by atoms with Gasteiger partial charge in [-0.2, -0.15) is 0 Å². The predicted molar refractivity (Wildman–Crippen MR) is 74.1 cm³/mol. The van der Waals surface area contributed by atoms with Gasteiger partial charge >= 0.3 is 0 Å². The molecule has 0 saturated heterocycles. The fourth-order valence-electron chi connectivity index (χ4n) is 1.72. The van der Waals surface area contributed by atoms with Crippen molar-refractivity contribution in [3.63, 3.8) is 0 Å². The summed E-state index contributed by atoms with van der Waals surface area (Å²) in [5.41, 5.74) is 0.257. The van der Waals surface area contributed by atoms with E-state index in [1.54, 1.807) is 6.07 Å². The Hall–Kier alpha value is -1.91. The molecule has 1 N–H and O–H groups in total. The van der Waals surface area contributed by atoms with Gasteiger partial charge in [-0.1, -0.05) is 19.9 Å². The number of nitrogens with zero attached hydrogens (tertiary/aromatic N) is 1. The molecule has 5 heteroatoms. The van der Waals surface area contributed by atoms with Crippen LogP contribution in [0.1, 0.15) is 44.0 Å². The predicted octanol–water partition coefficient (Wildman–Crippen LogP) is 3.15. The van der Waals surface area contributed by atoms with Crippen LogP contribution in [0.25, 0.3) is 0 Å². The minimum Gasteiger partial charge on any atom is -0.350 e. The Morgan fingerprint density at radius 2 is 2.00 bits per heavy atom. The third-order valence-corrected chi connectivity index (χ3v) is 2.87. The molecule has 0 aliphatic heterocycles. The lowest BCUT2D eigenvalue weighted by Crippen LogP contribution is -2.32. The summed E-state index contributed by atoms with van der Waals surface area (Å²) in [5.74, 6) is 0.331. The number of non-ortho nitro benzene ring substituents is 1. The largest absolute Gasteiger partial charge is 0.350 e. The van der Waals surface area contributed by atoms with Crippen LogP contribution in [-0.2, 0) is 0 Å². The molecule has 0 radical (unpaired) electrons. The third-order valence-electron chi connectivity index (χ3n) is 2.87. The van der Waals surface area contributed by atoms with Crippen LogP contribution < -0.4 is 5.32 Å². The van der Waals surface area contributed by atoms with Gasteiger partial charge in [0.2, 0.25) is 0 Å². The molecule has 1 atom stereocenters. The molecule has 1 unspecified atom stereocenters. The van der Waals surface area contributed by atoms with Crippen molar-refractivity contribution in [2.45, 2.75) is 39.7 Å². The topological polar surface area (TPSA) is 72.2 Å². The number of nitro benzene ring substituents is 1. The molecule has 0 saturated carbocycles. The Balaban J connectivity index is 2.62. The van der Waals surface area contributed by atoms with E-state index in [1.165, 1.54) is 18.2 Å². The zero-order valence-electron chi connectivity index (χ0n) is 11.6. The molecule has 0 fully saturated rings. The van der Waals surface area contributed by atoms with Gasteiger partial charge in [0.05, 0.1) is 4.92 Å². The first-order chi connectivity index (χ1) is 8.90. The molecule has 1 rings (SSSR count). The molecule has 104 valence electrons. The van der Waals surface area contributed by atoms with Gasteiger partial charge in [-0.15, -0.1) is 0 Å². The maximum atomic E-state index is 11.9. The quantitative estimate of drug-likeness (QED) is 0.633. The smallest absolute Gasteiger partial charge is 0.270 e. The number of rotatable bonds is 6. The molecule has 5 nitrogen and oxygen atoms in total. The van der Waals surface area contributed by atoms with Crippen LogP contribution in [0.5, 0.6) is 0 Å². The minimum absolute atomic E-state index is 0.0640. The van der Waals surface area contributed by atoms with Crippen LogP contribution in [0.15, 0.2) is 24.3 Å². The minimum atomic E-state index is -0.501. The van der Waals surface area contributed by atoms with E-state index in [4.69, 9.17) is 0 Å². The first-order valence-electron chi connectivity index (χ1n) is 6.45. The van der Waals surface area contributed by atoms with Gasteiger partial charge in [0.1, 0.15) is 0 Å². The lowest BCUT2D eigenvalue weighted by atomic mass is 10.0. The van der Waals surface area contributed by atoms with Crippen molar-refractivity contribution in [2.75, 3.05) is 0 Å². The summed E-state index contributed by atoms with van der Waals surface area (Å²) in [4.78, 5) is 22.1. The Bertz CT molecular complexity index is 458. The average molecular weight is 264 g/mol. The van der Waals surface area contributed by atoms with E-state index in [9.17, 15) is 14.9 Å². The molecule has 1 aromatic carbocycles. The molecular weight excluding hydrogens is 244 g/mol. The van der Waals surface area contributed by atoms with E-state index < -0.39 is 4.92 Å². The van der Waals surface area contributed by atoms with Crippen LogP contribution in [0, 0.1) is 16.0 Å². The van der Waals surface area contributed by atoms with Crippen molar-refractivity contribution in [3.8, 4) is 0 Å². The summed E-state index contributed by atoms with van der Waals surface area (Å²) >= 11 is 0. The average Bonchev–Trinajstić information content (AvgIpc) is 2.36. The molecule has 0 aliphatic rings. The first-order valence-corrected chi connectivity index (χ1v) is 6.45. The second-order valence-corrected chi connectivity index (χ2v) is 5.15. The van der Waals surface area contributed by atoms with E-state index in [-0.39, 0.29) is 17.6 Å². The monoisotopic (exact) mass is 264 g/mol. The SMILES string of the molecule is CC(C)CCC(C)NC(=O)c1cccc([N+](=O)[O-])c1. The Kier molecular flexibility index (Phi) is 5.48. The summed E-state index contributed by atoms with van der Waals surface area (Å²) in [7, 11) is 0. The fraction of sp³-hybridized carbons (Fsp3) is 0.500. The lowest BCUT2D eigenvalue weighted by molar-refractivity contribution is -0.384. The van der Waals surface area contributed by atoms with Crippen molar-refractivity contribution in [1.82, 2.24) is 5.32 Å². The highest BCUT2D eigenvalue weighted by Gasteiger charge is 2.13. The number of nitrogens with one attached hydrogen (secondary N) is 1. The molecule has 0 aliphatic carbocycles. The van der Waals surface area contributed by atoms with E-state index in [0.717, 1.165) is 12.8 Å². The number of hydrogen-bond acceptors (Lipinski definition) is 3. The Labute approximate surface area is 113 Å². The van der Waals surface area contributed by atoms with Crippen molar-refractivity contribution in [2.24, 2.45) is 5.92 Å². The molecule has 19 heavy (non-hydrogen) atoms. The number of nitro groups is 1. The maximum Gasteiger partial charge on any atom is 0.270 e. The summed E-state index contributed by atoms with van der Waals surface area (Å²) in [6, 6.07) is 5.83. The standard InChI is InChI=1S/C14H20N2O3/c1-10(2)7-8-11(3)15-14(17)12-5-4-6-13(9-12)16(18)19/h4-6,9-11H,7-8H2,1-3H3,(H,15,17). The van der Waals surface area contributed by atoms with Crippen LogP contribution in [0.2, 0.25) is 0 Å². The third kappa shape index (κ3) is 5.07. The lowest BCUT2D eigenvalue weighted by Gasteiger charge is -2.15. The van der Waals surface area contributed by atoms with Crippen molar-refractivity contribution in [3.05, 3.63) is 39.9 Å². The molecule has 1 amide bonds. The van der Waals surface area contributed by atoms with Gasteiger partial charge in [-0.25, -0.2) is 0 Å². The van der Waals surface area contributed by atoms with Crippen LogP contribution in [0.4, 0.5) is 5.69 Å². The number of carbonyl (C=O) groups is 1. The van der Waals surface area contributed by atoms with E-state index in [1.807, 2.05) is 6.92 Å². The van der Waals surface area contributed by atoms with Gasteiger partial charge in [-0.3, -0.25) is 14.9 Å². The summed E-state index contributed by atoms with van der Waals surface area (Å²) in [6.45, 7) is 6.21. The van der Waals surface area contributed by atoms with E-state index >= 15 is 0 Å². The molecule has 0 aromatic heterocycles. The van der Waals surface area contributed by atoms with Crippen LogP contribution in [-0.4, -0.2) is 16.9 Å². The second-order valence-electron chi connectivity index (χ2n) is 5.15. The van der Waals surface area contributed by atoms with E-state index in [0.29, 0.717) is 11.5 Å². The Morgan fingerprint density at radius 3 is 2.58 bits per heavy atom. The molecule has 1 aromatic rings. The molecular formula is C14H20N2O3. The Morgan fingerprint density at radius 1 is 1.32 bits per heavy atom. The summed E-state index contributed by atoms with van der Waals surface area (Å²) in [5, 5.41) is 13.5. The number of benzene rings is 1. The normalized spacial score (nSPS) is 12.2. The van der Waals surface area contributed by atoms with Crippen molar-refractivity contribution >= 4 is 11.6 Å². The fourth-order valence-corrected chi connectivity index (χ4v) is 1.72. The van der Waals surface area contributed by atoms with Gasteiger partial charge in [0.25, 0.3) is 11.6 Å². The van der Waals surface area contributed by atoms with Gasteiger partial charge in [-0.05, 0) is 31.7 Å². The van der Waals surface area contributed by atoms with Gasteiger partial charge < -0.3 is 5.32 Å². The van der Waals surface area contributed by atoms with Crippen LogP contribution in [0.3, 0.4) is 0 Å².